The second-order valence-electron chi connectivity index (χ2n) is 9.90. The van der Waals surface area contributed by atoms with Crippen molar-refractivity contribution in [3.63, 3.8) is 0 Å². The molecule has 0 unspecified atom stereocenters. The highest BCUT2D eigenvalue weighted by Crippen LogP contribution is 2.32. The van der Waals surface area contributed by atoms with Gasteiger partial charge < -0.3 is 16.0 Å². The van der Waals surface area contributed by atoms with Gasteiger partial charge in [-0.2, -0.15) is 0 Å². The number of nitrogens with two attached hydrogens (primary N) is 1. The zero-order chi connectivity index (χ0) is 26.7. The molecule has 0 spiro atoms. The van der Waals surface area contributed by atoms with E-state index >= 15 is 0 Å². The Balaban J connectivity index is 1.81. The number of para-hydroxylation sites is 1. The van der Waals surface area contributed by atoms with Crippen molar-refractivity contribution in [2.45, 2.75) is 58.2 Å². The van der Waals surface area contributed by atoms with Crippen LogP contribution >= 0.6 is 12.2 Å². The molecule has 1 aliphatic carbocycles. The van der Waals surface area contributed by atoms with Crippen LogP contribution in [0.2, 0.25) is 0 Å². The highest BCUT2D eigenvalue weighted by Gasteiger charge is 2.42. The van der Waals surface area contributed by atoms with Gasteiger partial charge in [0.2, 0.25) is 0 Å². The van der Waals surface area contributed by atoms with E-state index in [4.69, 9.17) is 18.0 Å². The summed E-state index contributed by atoms with van der Waals surface area (Å²) in [6.07, 6.45) is 3.92. The Morgan fingerprint density at radius 1 is 1.16 bits per heavy atom. The lowest BCUT2D eigenvalue weighted by Crippen LogP contribution is -2.58. The Morgan fingerprint density at radius 2 is 1.78 bits per heavy atom. The lowest BCUT2D eigenvalue weighted by atomic mass is 10.1. The van der Waals surface area contributed by atoms with Crippen LogP contribution in [0.3, 0.4) is 0 Å². The van der Waals surface area contributed by atoms with Crippen molar-refractivity contribution < 1.29 is 4.79 Å². The normalized spacial score (nSPS) is 18.0. The molecule has 2 aromatic rings. The van der Waals surface area contributed by atoms with E-state index < -0.39 is 0 Å². The standard InChI is InChI=1S/C29H36N6OS/c1-19(2)34(23-10-6-5-7-11-23)27(32-18-21-14-16-22(17-15-21)20(3)30)25-26(31)35(24-12-8-9-13-24)29(36)33(4)28(25)37/h5-7,10-11,14-17,19,24,31-32H,3,8-9,12-13,18,30H2,1-2,4H3/b27-25-,31-26?. The number of benzene rings is 2. The van der Waals surface area contributed by atoms with Crippen molar-refractivity contribution in [3.05, 3.63) is 83.7 Å². The van der Waals surface area contributed by atoms with E-state index in [1.54, 1.807) is 11.9 Å². The fraction of sp³-hybridized carbons (Fsp3) is 0.345. The fourth-order valence-corrected chi connectivity index (χ4v) is 5.31. The van der Waals surface area contributed by atoms with Gasteiger partial charge >= 0.3 is 6.03 Å². The molecular weight excluding hydrogens is 480 g/mol. The summed E-state index contributed by atoms with van der Waals surface area (Å²) in [7, 11) is 1.71. The second-order valence-corrected chi connectivity index (χ2v) is 10.3. The number of carbonyl (C=O) groups is 1. The van der Waals surface area contributed by atoms with E-state index in [2.05, 4.69) is 30.6 Å². The van der Waals surface area contributed by atoms with Crippen LogP contribution in [0.5, 0.6) is 0 Å². The molecule has 1 heterocycles. The number of thiocarbonyl (C=S) groups is 1. The van der Waals surface area contributed by atoms with Crippen LogP contribution in [-0.2, 0) is 6.54 Å². The molecule has 1 saturated heterocycles. The molecule has 2 aromatic carbocycles. The number of amidine groups is 1. The Morgan fingerprint density at radius 3 is 2.35 bits per heavy atom. The van der Waals surface area contributed by atoms with Gasteiger partial charge in [0.15, 0.2) is 0 Å². The zero-order valence-electron chi connectivity index (χ0n) is 21.8. The van der Waals surface area contributed by atoms with Gasteiger partial charge in [0, 0.05) is 37.1 Å². The van der Waals surface area contributed by atoms with Crippen molar-refractivity contribution in [1.29, 1.82) is 5.41 Å². The second kappa shape index (κ2) is 11.2. The van der Waals surface area contributed by atoms with Gasteiger partial charge in [-0.1, -0.05) is 74.1 Å². The lowest BCUT2D eigenvalue weighted by molar-refractivity contribution is 0.190. The van der Waals surface area contributed by atoms with E-state index in [1.807, 2.05) is 54.6 Å². The molecule has 7 nitrogen and oxygen atoms in total. The molecule has 2 fully saturated rings. The van der Waals surface area contributed by atoms with Gasteiger partial charge in [-0.25, -0.2) is 4.79 Å². The summed E-state index contributed by atoms with van der Waals surface area (Å²) >= 11 is 5.83. The first-order valence-electron chi connectivity index (χ1n) is 12.8. The van der Waals surface area contributed by atoms with Crippen LogP contribution in [0, 0.1) is 5.41 Å². The third-order valence-corrected chi connectivity index (χ3v) is 7.47. The van der Waals surface area contributed by atoms with E-state index in [-0.39, 0.29) is 24.0 Å². The number of likely N-dealkylation sites (N-methyl/N-ethyl adjacent to an activating group) is 1. The highest BCUT2D eigenvalue weighted by molar-refractivity contribution is 7.80. The third-order valence-electron chi connectivity index (χ3n) is 6.99. The molecule has 1 saturated carbocycles. The summed E-state index contributed by atoms with van der Waals surface area (Å²) in [5.74, 6) is 0.879. The van der Waals surface area contributed by atoms with Crippen molar-refractivity contribution in [2.75, 3.05) is 11.9 Å². The van der Waals surface area contributed by atoms with Crippen LogP contribution < -0.4 is 16.0 Å². The minimum Gasteiger partial charge on any atom is -0.399 e. The van der Waals surface area contributed by atoms with Crippen molar-refractivity contribution in [1.82, 2.24) is 15.1 Å². The number of carbonyl (C=O) groups excluding carboxylic acids is 1. The van der Waals surface area contributed by atoms with Crippen LogP contribution in [-0.4, -0.2) is 45.8 Å². The van der Waals surface area contributed by atoms with Gasteiger partial charge in [0.1, 0.15) is 16.6 Å². The molecule has 37 heavy (non-hydrogen) atoms. The van der Waals surface area contributed by atoms with Crippen molar-refractivity contribution in [2.24, 2.45) is 5.73 Å². The quantitative estimate of drug-likeness (QED) is 0.321. The Labute approximate surface area is 225 Å². The first-order chi connectivity index (χ1) is 17.7. The lowest BCUT2D eigenvalue weighted by Gasteiger charge is -2.42. The summed E-state index contributed by atoms with van der Waals surface area (Å²) < 4.78 is 0. The maximum atomic E-state index is 13.3. The van der Waals surface area contributed by atoms with Crippen molar-refractivity contribution in [3.8, 4) is 0 Å². The smallest absolute Gasteiger partial charge is 0.330 e. The molecule has 8 heteroatoms. The number of rotatable bonds is 8. The van der Waals surface area contributed by atoms with E-state index in [1.165, 1.54) is 4.90 Å². The number of nitrogens with one attached hydrogen (secondary N) is 2. The molecule has 2 aliphatic rings. The first kappa shape index (κ1) is 26.4. The minimum atomic E-state index is -0.224. The zero-order valence-corrected chi connectivity index (χ0v) is 22.6. The highest BCUT2D eigenvalue weighted by atomic mass is 32.1. The monoisotopic (exact) mass is 516 g/mol. The predicted molar refractivity (Wildman–Crippen MR) is 155 cm³/mol. The summed E-state index contributed by atoms with van der Waals surface area (Å²) in [5, 5.41) is 12.8. The van der Waals surface area contributed by atoms with Gasteiger partial charge in [0.25, 0.3) is 0 Å². The first-order valence-corrected chi connectivity index (χ1v) is 13.2. The Hall–Kier alpha value is -3.65. The molecule has 0 aromatic heterocycles. The van der Waals surface area contributed by atoms with Gasteiger partial charge in [0.05, 0.1) is 5.57 Å². The maximum Gasteiger partial charge on any atom is 0.330 e. The largest absolute Gasteiger partial charge is 0.399 e. The SMILES string of the molecule is C=C(N)c1ccc(CN/C(=C2\C(=N)N(C3CCCC3)C(=O)N(C)C2=S)N(c2ccccc2)C(C)C)cc1. The molecule has 1 aliphatic heterocycles. The van der Waals surface area contributed by atoms with Gasteiger partial charge in [-0.05, 0) is 49.9 Å². The van der Waals surface area contributed by atoms with E-state index in [0.717, 1.165) is 42.5 Å². The van der Waals surface area contributed by atoms with E-state index in [0.29, 0.717) is 28.6 Å². The van der Waals surface area contributed by atoms with Crippen LogP contribution in [0.4, 0.5) is 10.5 Å². The molecule has 4 N–H and O–H groups in total. The number of anilines is 1. The Bertz CT molecular complexity index is 1210. The molecule has 194 valence electrons. The number of urea groups is 1. The number of nitrogens with zero attached hydrogens (tertiary/aromatic N) is 3. The van der Waals surface area contributed by atoms with Gasteiger partial charge in [-0.15, -0.1) is 0 Å². The minimum absolute atomic E-state index is 0.0166. The molecule has 2 amide bonds. The summed E-state index contributed by atoms with van der Waals surface area (Å²) in [6.45, 7) is 8.53. The number of hydrogen-bond donors (Lipinski definition) is 3. The average molecular weight is 517 g/mol. The van der Waals surface area contributed by atoms with Crippen molar-refractivity contribution >= 4 is 40.5 Å². The number of hydrogen-bond acceptors (Lipinski definition) is 6. The van der Waals surface area contributed by atoms with Gasteiger partial charge in [-0.3, -0.25) is 15.2 Å². The molecule has 0 radical (unpaired) electrons. The maximum absolute atomic E-state index is 13.3. The molecule has 0 atom stereocenters. The summed E-state index contributed by atoms with van der Waals surface area (Å²) in [5.41, 5.74) is 9.84. The Kier molecular flexibility index (Phi) is 7.97. The molecule has 0 bridgehead atoms. The molecule has 4 rings (SSSR count). The third kappa shape index (κ3) is 5.39. The van der Waals surface area contributed by atoms with Crippen LogP contribution in [0.1, 0.15) is 50.7 Å². The summed E-state index contributed by atoms with van der Waals surface area (Å²) in [6, 6.07) is 17.8. The average Bonchev–Trinajstić information content (AvgIpc) is 3.41. The topological polar surface area (TPSA) is 88.7 Å². The van der Waals surface area contributed by atoms with Crippen LogP contribution in [0.25, 0.3) is 5.70 Å². The molecular formula is C29H36N6OS. The number of amides is 2. The predicted octanol–water partition coefficient (Wildman–Crippen LogP) is 5.45. The van der Waals surface area contributed by atoms with E-state index in [9.17, 15) is 10.2 Å². The summed E-state index contributed by atoms with van der Waals surface area (Å²) in [4.78, 5) is 18.9. The fourth-order valence-electron chi connectivity index (χ4n) is 5.04. The van der Waals surface area contributed by atoms with Crippen LogP contribution in [0.15, 0.2) is 72.6 Å².